The molecule has 34 heavy (non-hydrogen) atoms. The number of aliphatic hydroxyl groups excluding tert-OH is 1. The molecule has 3 aliphatic rings. The average molecular weight is 667 g/mol. The number of hydrogen-bond donors (Lipinski definition) is 2. The maximum Gasteiger partial charge on any atom is 0.334 e. The average Bonchev–Trinajstić information content (AvgIpc) is 2.75. The Morgan fingerprint density at radius 3 is 2.38 bits per heavy atom. The summed E-state index contributed by atoms with van der Waals surface area (Å²) in [5.74, 6) is -0.149. The standard InChI is InChI=1S/C27H39Br3O4/c1-16-6-9-21(28)26(4)12-10-22(29)27(5,33)13-11-23(25(2,3)30)34-24(32)17-7-8-20(31)18(14-17)15-19(16)26/h7-8,18,21-23,31,33H,6,9-15H2,1-5H3/t18?,21-,22+,23-,26-,27-/m0/s1. The predicted molar refractivity (Wildman–Crippen MR) is 149 cm³/mol. The van der Waals surface area contributed by atoms with Crippen LogP contribution in [-0.4, -0.2) is 41.9 Å². The molecule has 0 spiro atoms. The molecule has 2 N–H and O–H groups in total. The Bertz CT molecular complexity index is 883. The number of carbonyl (C=O) groups is 1. The largest absolute Gasteiger partial charge is 0.512 e. The van der Waals surface area contributed by atoms with Gasteiger partial charge in [-0.1, -0.05) is 65.9 Å². The maximum atomic E-state index is 13.2. The molecule has 1 saturated heterocycles. The van der Waals surface area contributed by atoms with Crippen LogP contribution in [0.4, 0.5) is 0 Å². The van der Waals surface area contributed by atoms with Crippen molar-refractivity contribution >= 4 is 53.8 Å². The van der Waals surface area contributed by atoms with E-state index < -0.39 is 16.0 Å². The van der Waals surface area contributed by atoms with E-state index in [0.29, 0.717) is 41.8 Å². The molecule has 2 bridgehead atoms. The highest BCUT2D eigenvalue weighted by atomic mass is 79.9. The van der Waals surface area contributed by atoms with E-state index in [-0.39, 0.29) is 22.1 Å². The summed E-state index contributed by atoms with van der Waals surface area (Å²) >= 11 is 11.5. The minimum absolute atomic E-state index is 0.0878. The van der Waals surface area contributed by atoms with Gasteiger partial charge in [0.1, 0.15) is 6.10 Å². The van der Waals surface area contributed by atoms with Crippen LogP contribution >= 0.6 is 47.8 Å². The molecule has 2 aliphatic carbocycles. The Morgan fingerprint density at radius 1 is 1.06 bits per heavy atom. The van der Waals surface area contributed by atoms with Crippen molar-refractivity contribution in [2.45, 2.75) is 112 Å². The van der Waals surface area contributed by atoms with Crippen molar-refractivity contribution in [1.29, 1.82) is 0 Å². The molecule has 0 amide bonds. The molecule has 7 heteroatoms. The lowest BCUT2D eigenvalue weighted by atomic mass is 9.65. The number of halogens is 3. The molecule has 0 radical (unpaired) electrons. The van der Waals surface area contributed by atoms with Crippen molar-refractivity contribution in [2.75, 3.05) is 0 Å². The Labute approximate surface area is 230 Å². The summed E-state index contributed by atoms with van der Waals surface area (Å²) in [6.45, 7) is 10.4. The summed E-state index contributed by atoms with van der Waals surface area (Å²) in [5, 5.41) is 22.1. The highest BCUT2D eigenvalue weighted by Crippen LogP contribution is 2.52. The molecule has 1 heterocycles. The third-order valence-electron chi connectivity index (χ3n) is 8.24. The van der Waals surface area contributed by atoms with Gasteiger partial charge in [-0.15, -0.1) is 0 Å². The van der Waals surface area contributed by atoms with Gasteiger partial charge in [0, 0.05) is 26.6 Å². The second-order valence-electron chi connectivity index (χ2n) is 11.4. The molecule has 1 fully saturated rings. The molecule has 4 nitrogen and oxygen atoms in total. The van der Waals surface area contributed by atoms with Crippen molar-refractivity contribution in [3.05, 3.63) is 34.6 Å². The lowest BCUT2D eigenvalue weighted by Gasteiger charge is -2.44. The van der Waals surface area contributed by atoms with Crippen LogP contribution in [0.1, 0.15) is 86.0 Å². The zero-order chi connectivity index (χ0) is 25.5. The topological polar surface area (TPSA) is 66.8 Å². The third kappa shape index (κ3) is 6.23. The Hall–Kier alpha value is -0.110. The smallest absolute Gasteiger partial charge is 0.334 e. The van der Waals surface area contributed by atoms with Gasteiger partial charge in [0.15, 0.2) is 0 Å². The van der Waals surface area contributed by atoms with Crippen molar-refractivity contribution in [3.8, 4) is 0 Å². The molecule has 0 aromatic carbocycles. The summed E-state index contributed by atoms with van der Waals surface area (Å²) in [6, 6.07) is 0. The predicted octanol–water partition coefficient (Wildman–Crippen LogP) is 7.82. The fraction of sp³-hybridized carbons (Fsp3) is 0.741. The van der Waals surface area contributed by atoms with E-state index in [0.717, 1.165) is 25.7 Å². The summed E-state index contributed by atoms with van der Waals surface area (Å²) in [4.78, 5) is 13.4. The number of carbonyl (C=O) groups excluding carboxylic acids is 1. The zero-order valence-electron chi connectivity index (χ0n) is 21.0. The van der Waals surface area contributed by atoms with Gasteiger partial charge >= 0.3 is 5.97 Å². The lowest BCUT2D eigenvalue weighted by molar-refractivity contribution is -0.146. The first-order chi connectivity index (χ1) is 15.6. The summed E-state index contributed by atoms with van der Waals surface area (Å²) < 4.78 is 5.56. The third-order valence-corrected chi connectivity index (χ3v) is 11.7. The highest BCUT2D eigenvalue weighted by Gasteiger charge is 2.44. The van der Waals surface area contributed by atoms with Crippen molar-refractivity contribution < 1.29 is 19.7 Å². The SMILES string of the molecule is CC1=C2CC3CC(=CC=C3O)C(=O)O[C@H](C(C)(C)Br)CC[C@](C)(O)[C@H](Br)CC[C@]2(C)[C@@H](Br)CC1. The van der Waals surface area contributed by atoms with Crippen LogP contribution in [0.3, 0.4) is 0 Å². The van der Waals surface area contributed by atoms with Crippen molar-refractivity contribution in [3.63, 3.8) is 0 Å². The van der Waals surface area contributed by atoms with Crippen LogP contribution in [0.15, 0.2) is 34.6 Å². The Balaban J connectivity index is 2.02. The van der Waals surface area contributed by atoms with Crippen molar-refractivity contribution in [1.82, 2.24) is 0 Å². The van der Waals surface area contributed by atoms with E-state index in [9.17, 15) is 15.0 Å². The summed E-state index contributed by atoms with van der Waals surface area (Å²) in [6.07, 6.45) is 9.04. The monoisotopic (exact) mass is 664 g/mol. The highest BCUT2D eigenvalue weighted by molar-refractivity contribution is 9.10. The fourth-order valence-electron chi connectivity index (χ4n) is 5.60. The molecule has 192 valence electrons. The summed E-state index contributed by atoms with van der Waals surface area (Å²) in [5.41, 5.74) is 2.31. The number of alkyl halides is 3. The van der Waals surface area contributed by atoms with Gasteiger partial charge in [0.25, 0.3) is 0 Å². The Morgan fingerprint density at radius 2 is 1.74 bits per heavy atom. The molecule has 0 saturated carbocycles. The fourth-order valence-corrected chi connectivity index (χ4v) is 7.12. The molecule has 6 atom stereocenters. The number of fused-ring (bicyclic) bond motifs is 3. The second-order valence-corrected chi connectivity index (χ2v) is 15.7. The van der Waals surface area contributed by atoms with E-state index >= 15 is 0 Å². The first-order valence-corrected chi connectivity index (χ1v) is 15.0. The van der Waals surface area contributed by atoms with E-state index in [1.165, 1.54) is 11.1 Å². The van der Waals surface area contributed by atoms with Gasteiger partial charge in [-0.25, -0.2) is 4.79 Å². The number of esters is 1. The molecule has 0 aromatic rings. The van der Waals surface area contributed by atoms with Gasteiger partial charge < -0.3 is 14.9 Å². The van der Waals surface area contributed by atoms with Crippen LogP contribution < -0.4 is 0 Å². The van der Waals surface area contributed by atoms with Crippen LogP contribution in [0.5, 0.6) is 0 Å². The van der Waals surface area contributed by atoms with Gasteiger partial charge in [-0.3, -0.25) is 0 Å². The molecule has 1 unspecified atom stereocenters. The van der Waals surface area contributed by atoms with E-state index in [2.05, 4.69) is 61.6 Å². The first kappa shape index (κ1) is 28.5. The zero-order valence-corrected chi connectivity index (χ0v) is 25.7. The summed E-state index contributed by atoms with van der Waals surface area (Å²) in [7, 11) is 0. The van der Waals surface area contributed by atoms with E-state index in [1.54, 1.807) is 12.2 Å². The quantitative estimate of drug-likeness (QED) is 0.170. The van der Waals surface area contributed by atoms with Gasteiger partial charge in [0.05, 0.1) is 15.7 Å². The van der Waals surface area contributed by atoms with Crippen LogP contribution in [-0.2, 0) is 9.53 Å². The number of aliphatic hydroxyl groups is 2. The number of ether oxygens (including phenoxy) is 1. The minimum Gasteiger partial charge on any atom is -0.512 e. The molecular formula is C27H39Br3O4. The number of cyclic esters (lactones) is 1. The molecule has 0 aromatic heterocycles. The van der Waals surface area contributed by atoms with Gasteiger partial charge in [-0.05, 0) is 91.2 Å². The number of hydrogen-bond acceptors (Lipinski definition) is 4. The second kappa shape index (κ2) is 10.7. The Kier molecular flexibility index (Phi) is 8.96. The molecule has 1 aliphatic heterocycles. The lowest BCUT2D eigenvalue weighted by Crippen LogP contribution is -2.41. The molecule has 3 rings (SSSR count). The van der Waals surface area contributed by atoms with Gasteiger partial charge in [-0.2, -0.15) is 0 Å². The van der Waals surface area contributed by atoms with Crippen molar-refractivity contribution in [2.24, 2.45) is 11.3 Å². The van der Waals surface area contributed by atoms with Gasteiger partial charge in [0.2, 0.25) is 0 Å². The van der Waals surface area contributed by atoms with Crippen LogP contribution in [0, 0.1) is 11.3 Å². The van der Waals surface area contributed by atoms with E-state index in [1.807, 2.05) is 20.8 Å². The number of allylic oxidation sites excluding steroid dienone is 5. The normalized spacial score (nSPS) is 38.7. The molecular weight excluding hydrogens is 628 g/mol. The first-order valence-electron chi connectivity index (χ1n) is 12.3. The van der Waals surface area contributed by atoms with E-state index in [4.69, 9.17) is 4.74 Å². The van der Waals surface area contributed by atoms with Crippen LogP contribution in [0.25, 0.3) is 0 Å². The minimum atomic E-state index is -0.941. The maximum absolute atomic E-state index is 13.2. The number of rotatable bonds is 1. The van der Waals surface area contributed by atoms with Crippen LogP contribution in [0.2, 0.25) is 0 Å².